The van der Waals surface area contributed by atoms with Crippen LogP contribution in [-0.4, -0.2) is 258 Å². The standard InChI is InChI=1S/C66H88N27O34P5Si/c1-26-13-88(65(100)87-56(26)95)40-8-32(38(122-40)19-116-133(5,6)66(2,3)4)127-132(109,110)115-18-37-31(12-44(121-37)93-25-78-49-55(93)82-64(71)86-60(49)99)126-131(107,108)114-17-36-30(11-43(120-36)92-24-77-48-54(92)81-63(70)85-59(48)98)125-130(105,106)113-16-35-29(10-42(119-35)91-23-76-47-53(91)80-62(69)84-58(47)97)124-129(103,104)112-15-34-28(9-41(118-34)89-21-74-45-50(67)72-20-73-51(45)89)123-128(101,102)111-14-33-27(94)7-39(117-33)90-22-75-46-52(90)79-61(68)83-57(46)96/h13,20-25,27-44,94H,7-12,14-19H2,1-6H3,(H,101,102)(H,103,104)(H,105,106)(H,107,108)(H,109,110)(H2,67,72,73)(H,87,95,100)(H3,68,79,83,96)(H3,69,80,84,97)(H3,70,81,85,98)(H3,71,82,86,99)/t27-,28-,29-,30-,31-,32-,33+,34+,35+,36+,37+,38+,39+,40+,41?,42+,43+,44+/m0/s1. The van der Waals surface area contributed by atoms with Crippen molar-refractivity contribution in [2.24, 2.45) is 0 Å². The van der Waals surface area contributed by atoms with Crippen LogP contribution in [-0.2, 0) is 101 Å². The number of aliphatic hydroxyl groups excluding tert-OH is 1. The second-order valence-electron chi connectivity index (χ2n) is 33.0. The molecule has 21 N–H and O–H groups in total. The molecule has 11 aromatic rings. The Bertz CT molecular complexity index is 6940. The van der Waals surface area contributed by atoms with Gasteiger partial charge < -0.3 is 91.1 Å². The number of aromatic nitrogens is 22. The summed E-state index contributed by atoms with van der Waals surface area (Å²) in [7, 11) is -30.2. The lowest BCUT2D eigenvalue weighted by Gasteiger charge is -2.37. The molecule has 0 saturated carbocycles. The van der Waals surface area contributed by atoms with Gasteiger partial charge in [-0.15, -0.1) is 0 Å². The van der Waals surface area contributed by atoms with E-state index in [9.17, 15) is 81.2 Å². The van der Waals surface area contributed by atoms with Gasteiger partial charge in [0.1, 0.15) is 116 Å². The van der Waals surface area contributed by atoms with Crippen LogP contribution >= 0.6 is 39.1 Å². The molecule has 11 aromatic heterocycles. The highest BCUT2D eigenvalue weighted by molar-refractivity contribution is 7.48. The second kappa shape index (κ2) is 36.3. The van der Waals surface area contributed by atoms with Gasteiger partial charge in [-0.1, -0.05) is 20.8 Å². The van der Waals surface area contributed by atoms with Crippen molar-refractivity contribution in [2.75, 3.05) is 68.3 Å². The Morgan fingerprint density at radius 3 is 0.992 bits per heavy atom. The lowest BCUT2D eigenvalue weighted by atomic mass is 10.2. The average Bonchev–Trinajstić information content (AvgIpc) is 1.60. The minimum Gasteiger partial charge on any atom is -0.414 e. The number of phosphoric acid groups is 5. The monoisotopic (exact) mass is 1990 g/mol. The maximum Gasteiger partial charge on any atom is 0.472 e. The van der Waals surface area contributed by atoms with Crippen molar-refractivity contribution in [3.8, 4) is 0 Å². The quantitative estimate of drug-likeness (QED) is 0.0183. The fourth-order valence-electron chi connectivity index (χ4n) is 15.5. The molecule has 6 saturated heterocycles. The maximum atomic E-state index is 14.7. The fraction of sp³-hybridized carbons (Fsp3) is 0.561. The van der Waals surface area contributed by atoms with Crippen molar-refractivity contribution >= 4 is 133 Å². The van der Waals surface area contributed by atoms with Crippen LogP contribution in [0.15, 0.2) is 72.9 Å². The van der Waals surface area contributed by atoms with Crippen molar-refractivity contribution in [1.82, 2.24) is 107 Å². The predicted octanol–water partition coefficient (Wildman–Crippen LogP) is -0.253. The highest BCUT2D eigenvalue weighted by Crippen LogP contribution is 2.57. The van der Waals surface area contributed by atoms with E-state index in [2.05, 4.69) is 79.7 Å². The van der Waals surface area contributed by atoms with Crippen LogP contribution in [0.4, 0.5) is 29.6 Å². The van der Waals surface area contributed by atoms with E-state index in [1.807, 2.05) is 33.9 Å². The van der Waals surface area contributed by atoms with Crippen molar-refractivity contribution in [1.29, 1.82) is 0 Å². The highest BCUT2D eigenvalue weighted by atomic mass is 31.2. The van der Waals surface area contributed by atoms with Crippen LogP contribution < -0.4 is 62.2 Å². The van der Waals surface area contributed by atoms with Crippen LogP contribution in [0.2, 0.25) is 18.1 Å². The summed E-state index contributed by atoms with van der Waals surface area (Å²) in [4.78, 5) is 193. The van der Waals surface area contributed by atoms with Gasteiger partial charge in [-0.2, -0.15) is 19.9 Å². The molecular weight excluding hydrogens is 1900 g/mol. The van der Waals surface area contributed by atoms with Gasteiger partial charge in [0.25, 0.3) is 27.8 Å². The van der Waals surface area contributed by atoms with Crippen molar-refractivity contribution in [3.05, 3.63) is 112 Å². The molecule has 133 heavy (non-hydrogen) atoms. The summed E-state index contributed by atoms with van der Waals surface area (Å²) in [5.41, 5.74) is 24.0. The van der Waals surface area contributed by atoms with Crippen LogP contribution in [0.25, 0.3) is 55.8 Å². The molecule has 0 radical (unpaired) electrons. The molecule has 0 aromatic carbocycles. The Labute approximate surface area is 742 Å². The van der Waals surface area contributed by atoms with E-state index in [-0.39, 0.29) is 110 Å². The highest BCUT2D eigenvalue weighted by Gasteiger charge is 2.53. The Kier molecular flexibility index (Phi) is 25.9. The van der Waals surface area contributed by atoms with Gasteiger partial charge in [0.2, 0.25) is 23.8 Å². The number of rotatable bonds is 34. The van der Waals surface area contributed by atoms with Crippen LogP contribution in [0.3, 0.4) is 0 Å². The molecule has 6 unspecified atom stereocenters. The minimum atomic E-state index is -5.68. The number of nitrogens with two attached hydrogens (primary N) is 5. The Balaban J connectivity index is 0.598. The molecule has 17 heterocycles. The Morgan fingerprint density at radius 2 is 0.669 bits per heavy atom. The third-order valence-electron chi connectivity index (χ3n) is 23.1. The largest absolute Gasteiger partial charge is 0.472 e. The van der Waals surface area contributed by atoms with Crippen molar-refractivity contribution in [2.45, 2.75) is 195 Å². The van der Waals surface area contributed by atoms with Crippen LogP contribution in [0.5, 0.6) is 0 Å². The molecule has 23 atom stereocenters. The molecule has 6 aliphatic heterocycles. The number of nitrogens with zero attached hydrogens (tertiary/aromatic N) is 17. The first-order valence-corrected chi connectivity index (χ1v) is 50.7. The molecule has 0 spiro atoms. The van der Waals surface area contributed by atoms with Gasteiger partial charge in [0.05, 0.1) is 77.4 Å². The number of aromatic amines is 5. The van der Waals surface area contributed by atoms with E-state index >= 15 is 0 Å². The normalized spacial score (nSPS) is 28.3. The van der Waals surface area contributed by atoms with E-state index in [4.69, 9.17) is 107 Å². The fourth-order valence-corrected chi connectivity index (χ4v) is 21.4. The van der Waals surface area contributed by atoms with Crippen LogP contribution in [0.1, 0.15) is 102 Å². The molecule has 0 bridgehead atoms. The number of anilines is 5. The molecule has 0 amide bonds. The predicted molar refractivity (Wildman–Crippen MR) is 450 cm³/mol. The summed E-state index contributed by atoms with van der Waals surface area (Å²) in [6.07, 6.45) is -20.9. The Hall–Kier alpha value is -9.92. The maximum absolute atomic E-state index is 14.7. The summed E-state index contributed by atoms with van der Waals surface area (Å²) in [5.74, 6) is -1.44. The van der Waals surface area contributed by atoms with Gasteiger partial charge in [0.15, 0.2) is 64.4 Å². The first kappa shape index (κ1) is 94.8. The summed E-state index contributed by atoms with van der Waals surface area (Å²) in [6, 6.07) is 0. The smallest absolute Gasteiger partial charge is 0.414 e. The van der Waals surface area contributed by atoms with Gasteiger partial charge in [-0.05, 0) is 25.1 Å². The molecule has 6 fully saturated rings. The Morgan fingerprint density at radius 1 is 0.391 bits per heavy atom. The third-order valence-corrected chi connectivity index (χ3v) is 32.6. The lowest BCUT2D eigenvalue weighted by molar-refractivity contribution is -0.0638. The number of hydrogen-bond acceptors (Lipinski definition) is 45. The van der Waals surface area contributed by atoms with Gasteiger partial charge >= 0.3 is 44.8 Å². The molecule has 61 nitrogen and oxygen atoms in total. The van der Waals surface area contributed by atoms with E-state index in [0.29, 0.717) is 0 Å². The van der Waals surface area contributed by atoms with E-state index < -0.39 is 256 Å². The van der Waals surface area contributed by atoms with Crippen molar-refractivity contribution in [3.63, 3.8) is 0 Å². The molecule has 17 rings (SSSR count). The first-order chi connectivity index (χ1) is 62.7. The van der Waals surface area contributed by atoms with E-state index in [1.165, 1.54) is 44.0 Å². The number of H-pyrrole nitrogens is 5. The molecule has 6 aliphatic rings. The molecule has 67 heteroatoms. The number of hydrogen-bond donors (Lipinski definition) is 16. The number of phosphoric ester groups is 5. The number of aliphatic hydroxyl groups is 1. The number of nitrogen functional groups attached to an aromatic ring is 5. The number of fused-ring (bicyclic) bond motifs is 5. The summed E-state index contributed by atoms with van der Waals surface area (Å²) >= 11 is 0. The topological polar surface area (TPSA) is 846 Å². The number of nitrogens with one attached hydrogen (secondary N) is 5. The minimum absolute atomic E-state index is 0.00384. The SMILES string of the molecule is Cc1cn([C@H]2C[C@H](OP(=O)(O)OC[C@H]3O[C@@H](n4cnc5c(=O)[nH]c(N)nc54)C[C@@H]3OP(=O)(O)OC[C@H]3O[C@@H](n4cnc5c(=O)[nH]c(N)nc54)C[C@@H]3OP(=O)(O)OC[C@H]3O[C@@H](n4cnc5c(=O)[nH]c(N)nc54)C[C@@H]3OP(=O)(O)OC[C@H]3OC(n4cnc5c(N)ncnc54)C[C@@H]3OP(=O)(O)OC[C@H]3O[C@@H](n4cnc5c(=O)[nH]c(N)nc54)C[C@@H]3O)[C@@H](CO[Si](C)(C)C(C)(C)C)O2)c(=O)[nH]c1=O. The summed E-state index contributed by atoms with van der Waals surface area (Å²) < 4.78 is 180. The molecular formula is C66H88N27O34P5Si. The zero-order valence-corrected chi connectivity index (χ0v) is 75.7. The number of imidazole rings is 5. The second-order valence-corrected chi connectivity index (χ2v) is 44.9. The zero-order valence-electron chi connectivity index (χ0n) is 70.3. The summed E-state index contributed by atoms with van der Waals surface area (Å²) in [6.45, 7) is 5.98. The molecule has 720 valence electrons. The van der Waals surface area contributed by atoms with E-state index in [0.717, 1.165) is 34.4 Å². The third kappa shape index (κ3) is 20.2. The average molecular weight is 1990 g/mol. The van der Waals surface area contributed by atoms with Gasteiger partial charge in [0, 0.05) is 50.3 Å². The van der Waals surface area contributed by atoms with Gasteiger partial charge in [-0.3, -0.25) is 122 Å². The first-order valence-electron chi connectivity index (χ1n) is 40.3. The lowest BCUT2D eigenvalue weighted by Crippen LogP contribution is -2.44. The number of aryl methyl sites for hydroxylation is 1. The zero-order chi connectivity index (χ0) is 94.8. The van der Waals surface area contributed by atoms with E-state index in [1.54, 1.807) is 0 Å². The number of ether oxygens (including phenoxy) is 6. The molecule has 0 aliphatic carbocycles. The van der Waals surface area contributed by atoms with Crippen LogP contribution in [0, 0.1) is 6.92 Å². The van der Waals surface area contributed by atoms with Crippen molar-refractivity contribution < 1.29 is 130 Å². The summed E-state index contributed by atoms with van der Waals surface area (Å²) in [5, 5.41) is 10.8. The van der Waals surface area contributed by atoms with Gasteiger partial charge in [-0.25, -0.2) is 62.5 Å².